The van der Waals surface area contributed by atoms with E-state index in [0.29, 0.717) is 34.4 Å². The smallest absolute Gasteiger partial charge is 0.254 e. The van der Waals surface area contributed by atoms with Crippen LogP contribution in [0.1, 0.15) is 35.7 Å². The zero-order valence-corrected chi connectivity index (χ0v) is 18.0. The standard InChI is InChI=1S/C22H27ClN2O4/c1-5-6-11-29-21-18(23)12-16(13-19(21)28-4)22(27)25(3)14-20(26)24-17-9-7-15(2)8-10-17/h7-10,12-13H,5-6,11,14H2,1-4H3,(H,24,26). The van der Waals surface area contributed by atoms with Crippen molar-refractivity contribution < 1.29 is 19.1 Å². The summed E-state index contributed by atoms with van der Waals surface area (Å²) in [5.41, 5.74) is 2.10. The van der Waals surface area contributed by atoms with Gasteiger partial charge in [-0.25, -0.2) is 0 Å². The fraction of sp³-hybridized carbons (Fsp3) is 0.364. The quantitative estimate of drug-likeness (QED) is 0.607. The molecule has 29 heavy (non-hydrogen) atoms. The molecule has 6 nitrogen and oxygen atoms in total. The van der Waals surface area contributed by atoms with Crippen LogP contribution in [-0.4, -0.2) is 44.0 Å². The number of nitrogens with one attached hydrogen (secondary N) is 1. The van der Waals surface area contributed by atoms with Crippen LogP contribution in [0.2, 0.25) is 5.02 Å². The van der Waals surface area contributed by atoms with E-state index in [1.807, 2.05) is 31.2 Å². The summed E-state index contributed by atoms with van der Waals surface area (Å²) in [7, 11) is 3.05. The van der Waals surface area contributed by atoms with Crippen molar-refractivity contribution in [1.29, 1.82) is 0 Å². The Kier molecular flexibility index (Phi) is 8.34. The Morgan fingerprint density at radius 1 is 1.17 bits per heavy atom. The first-order valence-corrected chi connectivity index (χ1v) is 9.85. The topological polar surface area (TPSA) is 67.9 Å². The molecule has 0 heterocycles. The number of amides is 2. The first-order chi connectivity index (χ1) is 13.8. The van der Waals surface area contributed by atoms with Crippen molar-refractivity contribution in [2.24, 2.45) is 0 Å². The van der Waals surface area contributed by atoms with Crippen molar-refractivity contribution in [3.05, 3.63) is 52.5 Å². The second kappa shape index (κ2) is 10.7. The summed E-state index contributed by atoms with van der Waals surface area (Å²) in [5, 5.41) is 3.07. The zero-order valence-electron chi connectivity index (χ0n) is 17.3. The van der Waals surface area contributed by atoms with Gasteiger partial charge in [0.1, 0.15) is 0 Å². The van der Waals surface area contributed by atoms with Crippen LogP contribution in [0.25, 0.3) is 0 Å². The fourth-order valence-electron chi connectivity index (χ4n) is 2.65. The number of benzene rings is 2. The van der Waals surface area contributed by atoms with E-state index in [9.17, 15) is 9.59 Å². The van der Waals surface area contributed by atoms with Gasteiger partial charge < -0.3 is 19.7 Å². The first-order valence-electron chi connectivity index (χ1n) is 9.48. The molecular weight excluding hydrogens is 392 g/mol. The number of methoxy groups -OCH3 is 1. The second-order valence-electron chi connectivity index (χ2n) is 6.77. The molecule has 2 amide bonds. The molecule has 156 valence electrons. The average molecular weight is 419 g/mol. The molecule has 0 unspecified atom stereocenters. The zero-order chi connectivity index (χ0) is 21.4. The van der Waals surface area contributed by atoms with Crippen LogP contribution in [-0.2, 0) is 4.79 Å². The largest absolute Gasteiger partial charge is 0.493 e. The van der Waals surface area contributed by atoms with E-state index in [1.54, 1.807) is 13.1 Å². The molecule has 7 heteroatoms. The third-order valence-corrected chi connectivity index (χ3v) is 4.56. The molecule has 0 saturated carbocycles. The van der Waals surface area contributed by atoms with Gasteiger partial charge in [0.25, 0.3) is 5.91 Å². The van der Waals surface area contributed by atoms with Crippen molar-refractivity contribution >= 4 is 29.1 Å². The molecule has 2 rings (SSSR count). The minimum atomic E-state index is -0.343. The van der Waals surface area contributed by atoms with E-state index in [0.717, 1.165) is 18.4 Å². The van der Waals surface area contributed by atoms with E-state index in [4.69, 9.17) is 21.1 Å². The van der Waals surface area contributed by atoms with Gasteiger partial charge in [-0.1, -0.05) is 42.6 Å². The predicted octanol–water partition coefficient (Wildman–Crippen LogP) is 4.55. The molecular formula is C22H27ClN2O4. The molecule has 0 saturated heterocycles. The van der Waals surface area contributed by atoms with E-state index in [1.165, 1.54) is 18.1 Å². The van der Waals surface area contributed by atoms with Gasteiger partial charge >= 0.3 is 0 Å². The molecule has 0 aromatic heterocycles. The highest BCUT2D eigenvalue weighted by molar-refractivity contribution is 6.32. The first kappa shape index (κ1) is 22.6. The Hall–Kier alpha value is -2.73. The van der Waals surface area contributed by atoms with Gasteiger partial charge in [-0.15, -0.1) is 0 Å². The number of halogens is 1. The van der Waals surface area contributed by atoms with Crippen LogP contribution >= 0.6 is 11.6 Å². The van der Waals surface area contributed by atoms with Crippen molar-refractivity contribution in [1.82, 2.24) is 4.90 Å². The van der Waals surface area contributed by atoms with Crippen LogP contribution in [0.3, 0.4) is 0 Å². The highest BCUT2D eigenvalue weighted by Crippen LogP contribution is 2.36. The van der Waals surface area contributed by atoms with Gasteiger partial charge in [0.2, 0.25) is 5.91 Å². The minimum Gasteiger partial charge on any atom is -0.493 e. The molecule has 0 fully saturated rings. The maximum absolute atomic E-state index is 12.8. The van der Waals surface area contributed by atoms with Crippen LogP contribution in [0, 0.1) is 6.92 Å². The number of nitrogens with zero attached hydrogens (tertiary/aromatic N) is 1. The number of carbonyl (C=O) groups is 2. The molecule has 1 N–H and O–H groups in total. The number of likely N-dealkylation sites (N-methyl/N-ethyl adjacent to an activating group) is 1. The van der Waals surface area contributed by atoms with Crippen LogP contribution in [0.4, 0.5) is 5.69 Å². The summed E-state index contributed by atoms with van der Waals surface area (Å²) in [6.07, 6.45) is 1.88. The van der Waals surface area contributed by atoms with Gasteiger partial charge in [-0.2, -0.15) is 0 Å². The van der Waals surface area contributed by atoms with Crippen molar-refractivity contribution in [2.75, 3.05) is 32.6 Å². The molecule has 2 aromatic carbocycles. The van der Waals surface area contributed by atoms with Gasteiger partial charge in [0.05, 0.1) is 25.3 Å². The van der Waals surface area contributed by atoms with Crippen molar-refractivity contribution in [3.8, 4) is 11.5 Å². The summed E-state index contributed by atoms with van der Waals surface area (Å²) in [6.45, 7) is 4.45. The Bertz CT molecular complexity index is 853. The lowest BCUT2D eigenvalue weighted by molar-refractivity contribution is -0.116. The van der Waals surface area contributed by atoms with Crippen molar-refractivity contribution in [2.45, 2.75) is 26.7 Å². The molecule has 0 spiro atoms. The van der Waals surface area contributed by atoms with Gasteiger partial charge in [0.15, 0.2) is 11.5 Å². The number of hydrogen-bond acceptors (Lipinski definition) is 4. The maximum atomic E-state index is 12.8. The molecule has 0 aliphatic rings. The summed E-state index contributed by atoms with van der Waals surface area (Å²) in [6, 6.07) is 10.5. The van der Waals surface area contributed by atoms with E-state index in [-0.39, 0.29) is 18.4 Å². The number of carbonyl (C=O) groups excluding carboxylic acids is 2. The monoisotopic (exact) mass is 418 g/mol. The Morgan fingerprint density at radius 2 is 1.86 bits per heavy atom. The van der Waals surface area contributed by atoms with Gasteiger partial charge in [0, 0.05) is 18.3 Å². The minimum absolute atomic E-state index is 0.0958. The molecule has 0 radical (unpaired) electrons. The number of aryl methyl sites for hydroxylation is 1. The lowest BCUT2D eigenvalue weighted by Gasteiger charge is -2.19. The Morgan fingerprint density at radius 3 is 2.48 bits per heavy atom. The van der Waals surface area contributed by atoms with E-state index in [2.05, 4.69) is 12.2 Å². The molecule has 0 aliphatic heterocycles. The molecule has 0 atom stereocenters. The third kappa shape index (κ3) is 6.39. The second-order valence-corrected chi connectivity index (χ2v) is 7.17. The molecule has 0 bridgehead atoms. The van der Waals surface area contributed by atoms with Gasteiger partial charge in [-0.05, 0) is 37.6 Å². The fourth-order valence-corrected chi connectivity index (χ4v) is 2.91. The highest BCUT2D eigenvalue weighted by atomic mass is 35.5. The predicted molar refractivity (Wildman–Crippen MR) is 115 cm³/mol. The summed E-state index contributed by atoms with van der Waals surface area (Å²) in [5.74, 6) is 0.167. The Labute approximate surface area is 176 Å². The number of unbranched alkanes of at least 4 members (excludes halogenated alkanes) is 1. The lowest BCUT2D eigenvalue weighted by atomic mass is 10.1. The maximum Gasteiger partial charge on any atom is 0.254 e. The van der Waals surface area contributed by atoms with Crippen LogP contribution in [0.15, 0.2) is 36.4 Å². The Balaban J connectivity index is 2.06. The molecule has 2 aromatic rings. The van der Waals surface area contributed by atoms with Gasteiger partial charge in [-0.3, -0.25) is 9.59 Å². The van der Waals surface area contributed by atoms with E-state index >= 15 is 0 Å². The summed E-state index contributed by atoms with van der Waals surface area (Å²) in [4.78, 5) is 26.3. The normalized spacial score (nSPS) is 10.4. The molecule has 0 aliphatic carbocycles. The third-order valence-electron chi connectivity index (χ3n) is 4.28. The lowest BCUT2D eigenvalue weighted by Crippen LogP contribution is -2.35. The van der Waals surface area contributed by atoms with Crippen LogP contribution in [0.5, 0.6) is 11.5 Å². The number of rotatable bonds is 9. The highest BCUT2D eigenvalue weighted by Gasteiger charge is 2.20. The van der Waals surface area contributed by atoms with Crippen LogP contribution < -0.4 is 14.8 Å². The number of hydrogen-bond donors (Lipinski definition) is 1. The van der Waals surface area contributed by atoms with Crippen molar-refractivity contribution in [3.63, 3.8) is 0 Å². The summed E-state index contributed by atoms with van der Waals surface area (Å²) < 4.78 is 11.0. The average Bonchev–Trinajstić information content (AvgIpc) is 2.70. The summed E-state index contributed by atoms with van der Waals surface area (Å²) >= 11 is 6.31. The SMILES string of the molecule is CCCCOc1c(Cl)cc(C(=O)N(C)CC(=O)Nc2ccc(C)cc2)cc1OC. The number of ether oxygens (including phenoxy) is 2. The van der Waals surface area contributed by atoms with E-state index < -0.39 is 0 Å². The number of anilines is 1.